The molecule has 1 aromatic carbocycles. The summed E-state index contributed by atoms with van der Waals surface area (Å²) in [6.45, 7) is 0. The van der Waals surface area contributed by atoms with E-state index in [1.165, 1.54) is 12.1 Å². The SMILES string of the molecule is Nc1cc(-c2nn3c(C(F)(F)F)nnc3s2)cc(Cl)c1Cl. The fraction of sp³-hybridized carbons (Fsp3) is 0.100. The van der Waals surface area contributed by atoms with Crippen LogP contribution in [0, 0.1) is 0 Å². The normalized spacial score (nSPS) is 12.2. The molecule has 0 saturated carbocycles. The van der Waals surface area contributed by atoms with Gasteiger partial charge < -0.3 is 5.73 Å². The van der Waals surface area contributed by atoms with Crippen LogP contribution in [0.5, 0.6) is 0 Å². The molecule has 11 heteroatoms. The zero-order valence-electron chi connectivity index (χ0n) is 9.82. The summed E-state index contributed by atoms with van der Waals surface area (Å²) in [5.41, 5.74) is 6.33. The quantitative estimate of drug-likeness (QED) is 0.676. The van der Waals surface area contributed by atoms with E-state index in [1.807, 2.05) is 0 Å². The summed E-state index contributed by atoms with van der Waals surface area (Å²) in [7, 11) is 0. The van der Waals surface area contributed by atoms with Gasteiger partial charge in [-0.15, -0.1) is 10.2 Å². The minimum Gasteiger partial charge on any atom is -0.397 e. The van der Waals surface area contributed by atoms with Gasteiger partial charge in [0.15, 0.2) is 0 Å². The monoisotopic (exact) mass is 353 g/mol. The van der Waals surface area contributed by atoms with Crippen molar-refractivity contribution in [2.24, 2.45) is 0 Å². The number of nitrogens with two attached hydrogens (primary N) is 1. The summed E-state index contributed by atoms with van der Waals surface area (Å²) >= 11 is 12.7. The molecule has 0 fully saturated rings. The zero-order chi connectivity index (χ0) is 15.4. The Morgan fingerprint density at radius 1 is 1.19 bits per heavy atom. The van der Waals surface area contributed by atoms with Crippen LogP contribution in [0.1, 0.15) is 5.82 Å². The van der Waals surface area contributed by atoms with Crippen molar-refractivity contribution in [3.63, 3.8) is 0 Å². The van der Waals surface area contributed by atoms with Crippen LogP contribution in [0.15, 0.2) is 12.1 Å². The number of hydrogen-bond donors (Lipinski definition) is 1. The minimum atomic E-state index is -4.64. The Labute approximate surface area is 129 Å². The van der Waals surface area contributed by atoms with Gasteiger partial charge in [-0.25, -0.2) is 0 Å². The van der Waals surface area contributed by atoms with Crippen LogP contribution in [-0.2, 0) is 6.18 Å². The Morgan fingerprint density at radius 3 is 2.52 bits per heavy atom. The fourth-order valence-corrected chi connectivity index (χ4v) is 2.81. The van der Waals surface area contributed by atoms with Crippen molar-refractivity contribution in [3.05, 3.63) is 28.0 Å². The molecule has 0 aliphatic heterocycles. The molecule has 110 valence electrons. The van der Waals surface area contributed by atoms with E-state index in [2.05, 4.69) is 15.3 Å². The van der Waals surface area contributed by atoms with Gasteiger partial charge >= 0.3 is 6.18 Å². The summed E-state index contributed by atoms with van der Waals surface area (Å²) in [5.74, 6) is -1.19. The first-order valence-corrected chi connectivity index (χ1v) is 6.89. The number of hydrogen-bond acceptors (Lipinski definition) is 5. The highest BCUT2D eigenvalue weighted by Crippen LogP contribution is 2.36. The number of rotatable bonds is 1. The van der Waals surface area contributed by atoms with Gasteiger partial charge in [0.2, 0.25) is 4.96 Å². The first-order valence-electron chi connectivity index (χ1n) is 5.31. The lowest BCUT2D eigenvalue weighted by Gasteiger charge is -2.03. The molecular weight excluding hydrogens is 350 g/mol. The fourth-order valence-electron chi connectivity index (χ4n) is 1.64. The highest BCUT2D eigenvalue weighted by molar-refractivity contribution is 7.19. The van der Waals surface area contributed by atoms with Gasteiger partial charge in [0.05, 0.1) is 15.7 Å². The number of nitrogens with zero attached hydrogens (tertiary/aromatic N) is 4. The predicted octanol–water partition coefficient (Wildman–Crippen LogP) is 3.76. The minimum absolute atomic E-state index is 0.0157. The smallest absolute Gasteiger partial charge is 0.397 e. The first kappa shape index (κ1) is 14.4. The van der Waals surface area contributed by atoms with Gasteiger partial charge in [-0.3, -0.25) is 0 Å². The molecule has 0 bridgehead atoms. The van der Waals surface area contributed by atoms with E-state index in [-0.39, 0.29) is 25.7 Å². The second-order valence-corrected chi connectivity index (χ2v) is 5.73. The first-order chi connectivity index (χ1) is 9.77. The summed E-state index contributed by atoms with van der Waals surface area (Å²) in [5, 5.41) is 11.0. The third-order valence-corrected chi connectivity index (χ3v) is 4.31. The van der Waals surface area contributed by atoms with E-state index < -0.39 is 12.0 Å². The summed E-state index contributed by atoms with van der Waals surface area (Å²) in [6.07, 6.45) is -4.64. The maximum absolute atomic E-state index is 12.7. The molecule has 3 rings (SSSR count). The van der Waals surface area contributed by atoms with Crippen molar-refractivity contribution in [3.8, 4) is 10.6 Å². The van der Waals surface area contributed by atoms with Crippen molar-refractivity contribution >= 4 is 45.2 Å². The van der Waals surface area contributed by atoms with Crippen LogP contribution < -0.4 is 5.73 Å². The van der Waals surface area contributed by atoms with E-state index in [1.54, 1.807) is 0 Å². The standard InChI is InChI=1S/C10H4Cl2F3N5S/c11-4-1-3(2-5(16)6(4)12)7-19-20-8(10(13,14)15)17-18-9(20)21-7/h1-2H,16H2. The molecule has 2 N–H and O–H groups in total. The van der Waals surface area contributed by atoms with Crippen molar-refractivity contribution in [2.45, 2.75) is 6.18 Å². The summed E-state index contributed by atoms with van der Waals surface area (Å²) in [4.78, 5) is 0.0157. The Morgan fingerprint density at radius 2 is 1.90 bits per heavy atom. The number of benzene rings is 1. The second-order valence-electron chi connectivity index (χ2n) is 3.98. The highest BCUT2D eigenvalue weighted by atomic mass is 35.5. The molecule has 2 aromatic heterocycles. The van der Waals surface area contributed by atoms with Gasteiger partial charge in [-0.2, -0.15) is 22.8 Å². The van der Waals surface area contributed by atoms with Crippen molar-refractivity contribution in [2.75, 3.05) is 5.73 Å². The zero-order valence-corrected chi connectivity index (χ0v) is 12.1. The predicted molar refractivity (Wildman–Crippen MR) is 73.5 cm³/mol. The Bertz CT molecular complexity index is 818. The lowest BCUT2D eigenvalue weighted by Crippen LogP contribution is -2.11. The average Bonchev–Trinajstić information content (AvgIpc) is 2.93. The highest BCUT2D eigenvalue weighted by Gasteiger charge is 2.38. The average molecular weight is 354 g/mol. The number of anilines is 1. The molecule has 5 nitrogen and oxygen atoms in total. The van der Waals surface area contributed by atoms with Crippen molar-refractivity contribution in [1.29, 1.82) is 0 Å². The molecular formula is C10H4Cl2F3N5S. The summed E-state index contributed by atoms with van der Waals surface area (Å²) in [6, 6.07) is 2.95. The third-order valence-electron chi connectivity index (χ3n) is 2.55. The van der Waals surface area contributed by atoms with Crippen LogP contribution in [-0.4, -0.2) is 19.8 Å². The topological polar surface area (TPSA) is 69.1 Å². The number of halogens is 5. The van der Waals surface area contributed by atoms with Gasteiger partial charge in [0.25, 0.3) is 5.82 Å². The molecule has 0 atom stereocenters. The van der Waals surface area contributed by atoms with Gasteiger partial charge in [-0.1, -0.05) is 34.5 Å². The molecule has 0 spiro atoms. The molecule has 0 aliphatic rings. The Hall–Kier alpha value is -1.58. The molecule has 0 aliphatic carbocycles. The number of aromatic nitrogens is 4. The number of nitrogen functional groups attached to an aromatic ring is 1. The Kier molecular flexibility index (Phi) is 3.23. The molecule has 0 amide bonds. The second kappa shape index (κ2) is 4.72. The van der Waals surface area contributed by atoms with Crippen LogP contribution in [0.2, 0.25) is 10.0 Å². The van der Waals surface area contributed by atoms with E-state index in [9.17, 15) is 13.2 Å². The molecule has 3 aromatic rings. The summed E-state index contributed by atoms with van der Waals surface area (Å²) < 4.78 is 38.8. The van der Waals surface area contributed by atoms with Crippen LogP contribution in [0.3, 0.4) is 0 Å². The Balaban J connectivity index is 2.16. The van der Waals surface area contributed by atoms with Crippen LogP contribution in [0.25, 0.3) is 15.5 Å². The lowest BCUT2D eigenvalue weighted by atomic mass is 10.2. The maximum atomic E-state index is 12.7. The largest absolute Gasteiger partial charge is 0.453 e. The van der Waals surface area contributed by atoms with Crippen molar-refractivity contribution < 1.29 is 13.2 Å². The third kappa shape index (κ3) is 2.41. The number of alkyl halides is 3. The van der Waals surface area contributed by atoms with Crippen LogP contribution >= 0.6 is 34.5 Å². The van der Waals surface area contributed by atoms with Crippen LogP contribution in [0.4, 0.5) is 18.9 Å². The van der Waals surface area contributed by atoms with Crippen molar-refractivity contribution in [1.82, 2.24) is 19.8 Å². The lowest BCUT2D eigenvalue weighted by molar-refractivity contribution is -0.146. The molecule has 0 unspecified atom stereocenters. The maximum Gasteiger partial charge on any atom is 0.453 e. The van der Waals surface area contributed by atoms with Gasteiger partial charge in [0, 0.05) is 5.56 Å². The molecule has 21 heavy (non-hydrogen) atoms. The number of fused-ring (bicyclic) bond motifs is 1. The van der Waals surface area contributed by atoms with E-state index in [4.69, 9.17) is 28.9 Å². The van der Waals surface area contributed by atoms with E-state index in [0.717, 1.165) is 11.3 Å². The van der Waals surface area contributed by atoms with Gasteiger partial charge in [-0.05, 0) is 12.1 Å². The molecule has 0 radical (unpaired) electrons. The van der Waals surface area contributed by atoms with Gasteiger partial charge in [0.1, 0.15) is 5.01 Å². The molecule has 2 heterocycles. The molecule has 0 saturated heterocycles. The van der Waals surface area contributed by atoms with E-state index >= 15 is 0 Å². The van der Waals surface area contributed by atoms with E-state index in [0.29, 0.717) is 10.1 Å².